The molecule has 1 aliphatic rings. The van der Waals surface area contributed by atoms with Gasteiger partial charge in [0.05, 0.1) is 5.52 Å². The minimum Gasteiger partial charge on any atom is -0.337 e. The van der Waals surface area contributed by atoms with Crippen LogP contribution in [-0.4, -0.2) is 56.9 Å². The number of carbonyl (C=O) groups is 1. The van der Waals surface area contributed by atoms with Gasteiger partial charge in [-0.15, -0.1) is 5.10 Å². The van der Waals surface area contributed by atoms with E-state index in [1.54, 1.807) is 0 Å². The Kier molecular flexibility index (Phi) is 5.34. The third-order valence-electron chi connectivity index (χ3n) is 5.26. The Hall–Kier alpha value is -2.80. The first-order valence-electron chi connectivity index (χ1n) is 9.73. The topological polar surface area (TPSA) is 54.3 Å². The van der Waals surface area contributed by atoms with Crippen LogP contribution in [-0.2, 0) is 13.1 Å². The van der Waals surface area contributed by atoms with E-state index in [4.69, 9.17) is 0 Å². The zero-order valence-electron chi connectivity index (χ0n) is 16.0. The van der Waals surface area contributed by atoms with Gasteiger partial charge in [-0.3, -0.25) is 9.69 Å². The summed E-state index contributed by atoms with van der Waals surface area (Å²) < 4.78 is 14.9. The number of amides is 1. The number of hydrogen-bond acceptors (Lipinski definition) is 4. The van der Waals surface area contributed by atoms with E-state index in [0.29, 0.717) is 12.1 Å². The molecule has 1 aliphatic heterocycles. The van der Waals surface area contributed by atoms with Gasteiger partial charge in [-0.2, -0.15) is 0 Å². The van der Waals surface area contributed by atoms with Crippen LogP contribution < -0.4 is 0 Å². The molecule has 1 amide bonds. The Bertz CT molecular complexity index is 969. The van der Waals surface area contributed by atoms with Crippen molar-refractivity contribution in [1.82, 2.24) is 24.8 Å². The molecule has 4 rings (SSSR count). The number of carbonyl (C=O) groups excluding carboxylic acids is 1. The summed E-state index contributed by atoms with van der Waals surface area (Å²) in [5.74, 6) is -0.177. The summed E-state index contributed by atoms with van der Waals surface area (Å²) in [6.07, 6.45) is 0.918. The zero-order chi connectivity index (χ0) is 19.5. The molecule has 28 heavy (non-hydrogen) atoms. The van der Waals surface area contributed by atoms with Gasteiger partial charge in [0.25, 0.3) is 5.91 Å². The molecule has 2 heterocycles. The number of hydrogen-bond donors (Lipinski definition) is 0. The number of benzene rings is 2. The maximum atomic E-state index is 13.1. The first kappa shape index (κ1) is 18.6. The largest absolute Gasteiger partial charge is 0.337 e. The summed E-state index contributed by atoms with van der Waals surface area (Å²) >= 11 is 0. The van der Waals surface area contributed by atoms with Crippen molar-refractivity contribution in [3.8, 4) is 0 Å². The molecule has 3 aromatic rings. The molecular formula is C21H24FN5O. The second-order valence-corrected chi connectivity index (χ2v) is 7.16. The van der Waals surface area contributed by atoms with Crippen molar-refractivity contribution >= 4 is 16.9 Å². The van der Waals surface area contributed by atoms with E-state index in [9.17, 15) is 9.18 Å². The van der Waals surface area contributed by atoms with Gasteiger partial charge in [-0.25, -0.2) is 9.07 Å². The average Bonchev–Trinajstić information content (AvgIpc) is 2.99. The van der Waals surface area contributed by atoms with Crippen molar-refractivity contribution in [2.24, 2.45) is 0 Å². The predicted octanol–water partition coefficient (Wildman–Crippen LogP) is 2.94. The average molecular weight is 381 g/mol. The van der Waals surface area contributed by atoms with Crippen LogP contribution in [0, 0.1) is 5.82 Å². The van der Waals surface area contributed by atoms with E-state index in [1.165, 1.54) is 12.1 Å². The fourth-order valence-electron chi connectivity index (χ4n) is 3.70. The molecule has 1 fully saturated rings. The zero-order valence-corrected chi connectivity index (χ0v) is 16.0. The van der Waals surface area contributed by atoms with Crippen LogP contribution in [0.15, 0.2) is 42.5 Å². The van der Waals surface area contributed by atoms with Gasteiger partial charge in [-0.1, -0.05) is 17.3 Å². The number of halogens is 1. The molecule has 0 aliphatic carbocycles. The maximum Gasteiger partial charge on any atom is 0.253 e. The molecule has 0 bridgehead atoms. The van der Waals surface area contributed by atoms with Gasteiger partial charge >= 0.3 is 0 Å². The second-order valence-electron chi connectivity index (χ2n) is 7.16. The fourth-order valence-corrected chi connectivity index (χ4v) is 3.70. The minimum atomic E-state index is -0.215. The molecule has 146 valence electrons. The van der Waals surface area contributed by atoms with Crippen LogP contribution >= 0.6 is 0 Å². The lowest BCUT2D eigenvalue weighted by Gasteiger charge is -2.22. The summed E-state index contributed by atoms with van der Waals surface area (Å²) in [7, 11) is 0. The third-order valence-corrected chi connectivity index (χ3v) is 5.26. The Morgan fingerprint density at radius 2 is 1.89 bits per heavy atom. The number of fused-ring (bicyclic) bond motifs is 1. The van der Waals surface area contributed by atoms with Gasteiger partial charge in [0, 0.05) is 44.8 Å². The highest BCUT2D eigenvalue weighted by atomic mass is 19.1. The third kappa shape index (κ3) is 3.89. The SMILES string of the molecule is CCn1nnc2cc(C(=O)N3CCCN(Cc4ccc(F)cc4)CC3)ccc21. The second kappa shape index (κ2) is 8.06. The lowest BCUT2D eigenvalue weighted by atomic mass is 10.1. The number of aromatic nitrogens is 3. The van der Waals surface area contributed by atoms with Gasteiger partial charge in [0.2, 0.25) is 0 Å². The molecule has 6 nitrogen and oxygen atoms in total. The van der Waals surface area contributed by atoms with Crippen molar-refractivity contribution in [2.45, 2.75) is 26.4 Å². The highest BCUT2D eigenvalue weighted by Crippen LogP contribution is 2.17. The van der Waals surface area contributed by atoms with Crippen molar-refractivity contribution in [3.05, 3.63) is 59.4 Å². The molecule has 0 saturated carbocycles. The summed E-state index contributed by atoms with van der Waals surface area (Å²) in [6.45, 7) is 6.68. The smallest absolute Gasteiger partial charge is 0.253 e. The quantitative estimate of drug-likeness (QED) is 0.697. The van der Waals surface area contributed by atoms with Crippen molar-refractivity contribution in [2.75, 3.05) is 26.2 Å². The van der Waals surface area contributed by atoms with Crippen LogP contribution in [0.2, 0.25) is 0 Å². The molecule has 0 N–H and O–H groups in total. The van der Waals surface area contributed by atoms with Crippen molar-refractivity contribution in [3.63, 3.8) is 0 Å². The van der Waals surface area contributed by atoms with Crippen LogP contribution in [0.1, 0.15) is 29.3 Å². The van der Waals surface area contributed by atoms with Crippen molar-refractivity contribution in [1.29, 1.82) is 0 Å². The number of nitrogens with zero attached hydrogens (tertiary/aromatic N) is 5. The lowest BCUT2D eigenvalue weighted by Crippen LogP contribution is -2.35. The van der Waals surface area contributed by atoms with Crippen molar-refractivity contribution < 1.29 is 9.18 Å². The number of rotatable bonds is 4. The summed E-state index contributed by atoms with van der Waals surface area (Å²) in [4.78, 5) is 17.2. The maximum absolute atomic E-state index is 13.1. The Balaban J connectivity index is 1.42. The van der Waals surface area contributed by atoms with E-state index >= 15 is 0 Å². The minimum absolute atomic E-state index is 0.0385. The highest BCUT2D eigenvalue weighted by Gasteiger charge is 2.21. The van der Waals surface area contributed by atoms with Gasteiger partial charge < -0.3 is 4.90 Å². The molecule has 0 unspecified atom stereocenters. The van der Waals surface area contributed by atoms with E-state index in [0.717, 1.165) is 55.7 Å². The first-order valence-corrected chi connectivity index (χ1v) is 9.73. The van der Waals surface area contributed by atoms with Crippen LogP contribution in [0.4, 0.5) is 4.39 Å². The fraction of sp³-hybridized carbons (Fsp3) is 0.381. The summed E-state index contributed by atoms with van der Waals surface area (Å²) in [5, 5.41) is 8.28. The van der Waals surface area contributed by atoms with Crippen LogP contribution in [0.3, 0.4) is 0 Å². The van der Waals surface area contributed by atoms with E-state index in [2.05, 4.69) is 15.2 Å². The molecule has 0 radical (unpaired) electrons. The Labute approximate surface area is 163 Å². The Morgan fingerprint density at radius 1 is 1.07 bits per heavy atom. The number of aryl methyl sites for hydroxylation is 1. The van der Waals surface area contributed by atoms with Crippen LogP contribution in [0.25, 0.3) is 11.0 Å². The molecule has 0 atom stereocenters. The molecular weight excluding hydrogens is 357 g/mol. The molecule has 7 heteroatoms. The van der Waals surface area contributed by atoms with E-state index in [-0.39, 0.29) is 11.7 Å². The molecule has 1 saturated heterocycles. The standard InChI is InChI=1S/C21H24FN5O/c1-2-27-20-9-6-17(14-19(20)23-24-27)21(28)26-11-3-10-25(12-13-26)15-16-4-7-18(22)8-5-16/h4-9,14H,2-3,10-13,15H2,1H3. The van der Waals surface area contributed by atoms with E-state index < -0.39 is 0 Å². The Morgan fingerprint density at radius 3 is 2.68 bits per heavy atom. The van der Waals surface area contributed by atoms with Crippen LogP contribution in [0.5, 0.6) is 0 Å². The van der Waals surface area contributed by atoms with E-state index in [1.807, 2.05) is 46.8 Å². The lowest BCUT2D eigenvalue weighted by molar-refractivity contribution is 0.0761. The predicted molar refractivity (Wildman–Crippen MR) is 105 cm³/mol. The molecule has 0 spiro atoms. The monoisotopic (exact) mass is 381 g/mol. The van der Waals surface area contributed by atoms with Gasteiger partial charge in [0.15, 0.2) is 0 Å². The summed E-state index contributed by atoms with van der Waals surface area (Å²) in [5.41, 5.74) is 3.44. The van der Waals surface area contributed by atoms with Gasteiger partial charge in [0.1, 0.15) is 11.3 Å². The van der Waals surface area contributed by atoms with Gasteiger partial charge in [-0.05, 0) is 49.2 Å². The summed E-state index contributed by atoms with van der Waals surface area (Å²) in [6, 6.07) is 12.2. The molecule has 2 aromatic carbocycles. The normalized spacial score (nSPS) is 15.7. The highest BCUT2D eigenvalue weighted by molar-refractivity contribution is 5.97. The molecule has 1 aromatic heterocycles. The first-order chi connectivity index (χ1) is 13.6.